The zero-order chi connectivity index (χ0) is 26.1. The molecule has 0 aromatic heterocycles. The minimum atomic E-state index is 0.498. The van der Waals surface area contributed by atoms with Crippen LogP contribution in [-0.4, -0.2) is 16.9 Å². The monoisotopic (exact) mass is 514 g/mol. The summed E-state index contributed by atoms with van der Waals surface area (Å²) >= 11 is 0. The largest absolute Gasteiger partial charge is 0.415 e. The molecule has 2 heteroatoms. The van der Waals surface area contributed by atoms with Crippen LogP contribution >= 0.6 is 0 Å². The van der Waals surface area contributed by atoms with Gasteiger partial charge >= 0.3 is 0 Å². The second-order valence-corrected chi connectivity index (χ2v) is 12.3. The average molecular weight is 515 g/mol. The van der Waals surface area contributed by atoms with Gasteiger partial charge in [-0.25, -0.2) is 0 Å². The second kappa shape index (κ2) is 24.7. The molecule has 1 rings (SSSR count). The molecule has 0 saturated carbocycles. The lowest BCUT2D eigenvalue weighted by molar-refractivity contribution is 0.450. The Morgan fingerprint density at radius 3 is 1.31 bits per heavy atom. The third kappa shape index (κ3) is 16.3. The van der Waals surface area contributed by atoms with Crippen molar-refractivity contribution < 1.29 is 4.43 Å². The number of benzene rings is 1. The molecule has 0 atom stereocenters. The van der Waals surface area contributed by atoms with E-state index in [0.29, 0.717) is 9.76 Å². The van der Waals surface area contributed by atoms with E-state index in [1.165, 1.54) is 159 Å². The Balaban J connectivity index is 2.77. The fourth-order valence-electron chi connectivity index (χ4n) is 5.57. The van der Waals surface area contributed by atoms with E-state index in [1.54, 1.807) is 16.7 Å². The molecular weight excluding hydrogens is 452 g/mol. The van der Waals surface area contributed by atoms with Gasteiger partial charge in [-0.1, -0.05) is 148 Å². The molecule has 0 aliphatic rings. The van der Waals surface area contributed by atoms with Gasteiger partial charge in [-0.05, 0) is 60.4 Å². The molecule has 1 aromatic rings. The smallest absolute Gasteiger partial charge is 0.268 e. The minimum absolute atomic E-state index is 0.498. The first-order valence-corrected chi connectivity index (χ1v) is 17.1. The quantitative estimate of drug-likeness (QED) is 0.0882. The molecule has 208 valence electrons. The Hall–Kier alpha value is -0.603. The van der Waals surface area contributed by atoms with E-state index < -0.39 is 0 Å². The van der Waals surface area contributed by atoms with Gasteiger partial charge in [0.15, 0.2) is 0 Å². The summed E-state index contributed by atoms with van der Waals surface area (Å²) in [7, 11) is 2.37. The maximum Gasteiger partial charge on any atom is 0.268 e. The summed E-state index contributed by atoms with van der Waals surface area (Å²) in [6, 6.07) is 4.90. The number of hydrogen-bond donors (Lipinski definition) is 0. The molecule has 36 heavy (non-hydrogen) atoms. The fourth-order valence-corrected chi connectivity index (χ4v) is 6.34. The highest BCUT2D eigenvalue weighted by molar-refractivity contribution is 6.47. The van der Waals surface area contributed by atoms with Crippen LogP contribution in [0.25, 0.3) is 0 Å². The molecule has 1 nitrogen and oxygen atoms in total. The van der Waals surface area contributed by atoms with Crippen molar-refractivity contribution >= 4 is 14.9 Å². The van der Waals surface area contributed by atoms with Gasteiger partial charge in [-0.15, -0.1) is 0 Å². The van der Waals surface area contributed by atoms with Crippen LogP contribution in [0.5, 0.6) is 0 Å². The summed E-state index contributed by atoms with van der Waals surface area (Å²) < 4.78 is 5.69. The molecule has 0 N–H and O–H groups in total. The molecule has 0 amide bonds. The minimum Gasteiger partial charge on any atom is -0.415 e. The predicted molar refractivity (Wildman–Crippen MR) is 164 cm³/mol. The van der Waals surface area contributed by atoms with Crippen LogP contribution in [-0.2, 0) is 23.7 Å². The molecule has 1 aromatic carbocycles. The second-order valence-electron chi connectivity index (χ2n) is 11.1. The van der Waals surface area contributed by atoms with Gasteiger partial charge in [-0.3, -0.25) is 0 Å². The van der Waals surface area contributed by atoms with Gasteiger partial charge in [-0.2, -0.15) is 0 Å². The normalized spacial score (nSPS) is 11.4. The van der Waals surface area contributed by atoms with E-state index in [4.69, 9.17) is 4.43 Å². The number of rotatable bonds is 26. The van der Waals surface area contributed by atoms with E-state index in [0.717, 1.165) is 0 Å². The molecule has 0 spiro atoms. The van der Waals surface area contributed by atoms with Crippen LogP contribution in [0.15, 0.2) is 12.1 Å². The number of aryl methyl sites for hydroxylation is 1. The summed E-state index contributed by atoms with van der Waals surface area (Å²) in [5.74, 6) is 0. The highest BCUT2D eigenvalue weighted by atomic mass is 28.2. The summed E-state index contributed by atoms with van der Waals surface area (Å²) in [6.07, 6.45) is 33.1. The Morgan fingerprint density at radius 2 is 0.861 bits per heavy atom. The molecular formula is C34H62OSi. The maximum absolute atomic E-state index is 5.69. The van der Waals surface area contributed by atoms with Gasteiger partial charge in [0.25, 0.3) is 9.76 Å². The van der Waals surface area contributed by atoms with E-state index in [-0.39, 0.29) is 0 Å². The van der Waals surface area contributed by atoms with E-state index in [9.17, 15) is 0 Å². The summed E-state index contributed by atoms with van der Waals surface area (Å²) in [4.78, 5) is 0. The first-order valence-electron chi connectivity index (χ1n) is 16.2. The van der Waals surface area contributed by atoms with Crippen LogP contribution in [0, 0.1) is 0 Å². The van der Waals surface area contributed by atoms with Gasteiger partial charge in [0.05, 0.1) is 0 Å². The molecule has 0 heterocycles. The first-order chi connectivity index (χ1) is 17.8. The van der Waals surface area contributed by atoms with Crippen molar-refractivity contribution in [3.8, 4) is 0 Å². The zero-order valence-corrected chi connectivity index (χ0v) is 26.0. The molecule has 0 fully saturated rings. The van der Waals surface area contributed by atoms with E-state index >= 15 is 0 Å². The fraction of sp³-hybridized carbons (Fsp3) is 0.824. The Labute approximate surface area is 229 Å². The van der Waals surface area contributed by atoms with Crippen LogP contribution in [0.4, 0.5) is 0 Å². The molecule has 0 bridgehead atoms. The van der Waals surface area contributed by atoms with Crippen LogP contribution in [0.3, 0.4) is 0 Å². The highest BCUT2D eigenvalue weighted by Gasteiger charge is 2.14. The predicted octanol–water partition coefficient (Wildman–Crippen LogP) is 10.5. The van der Waals surface area contributed by atoms with Crippen molar-refractivity contribution in [1.82, 2.24) is 0 Å². The highest BCUT2D eigenvalue weighted by Crippen LogP contribution is 2.23. The van der Waals surface area contributed by atoms with Crippen molar-refractivity contribution in [2.75, 3.05) is 7.11 Å². The summed E-state index contributed by atoms with van der Waals surface area (Å²) in [6.45, 7) is 6.93. The van der Waals surface area contributed by atoms with Crippen molar-refractivity contribution in [3.05, 3.63) is 28.8 Å². The first kappa shape index (κ1) is 33.4. The van der Waals surface area contributed by atoms with Crippen molar-refractivity contribution in [1.29, 1.82) is 0 Å². The third-order valence-corrected chi connectivity index (χ3v) is 8.74. The van der Waals surface area contributed by atoms with Crippen LogP contribution in [0.1, 0.15) is 172 Å². The molecule has 0 unspecified atom stereocenters. The zero-order valence-electron chi connectivity index (χ0n) is 25.0. The molecule has 2 radical (unpaired) electrons. The SMILES string of the molecule is CCCCCCCCCc1ccc([Si]OC)c(CCCCCCCCC)c1CCCCCCCCC. The van der Waals surface area contributed by atoms with E-state index in [1.807, 2.05) is 7.11 Å². The maximum atomic E-state index is 5.69. The third-order valence-electron chi connectivity index (χ3n) is 7.85. The van der Waals surface area contributed by atoms with Gasteiger partial charge in [0, 0.05) is 7.11 Å². The average Bonchev–Trinajstić information content (AvgIpc) is 2.89. The Kier molecular flexibility index (Phi) is 22.9. The van der Waals surface area contributed by atoms with E-state index in [2.05, 4.69) is 32.9 Å². The Morgan fingerprint density at radius 1 is 0.472 bits per heavy atom. The lowest BCUT2D eigenvalue weighted by atomic mass is 9.90. The van der Waals surface area contributed by atoms with Crippen LogP contribution < -0.4 is 5.19 Å². The molecule has 0 saturated heterocycles. The number of hydrogen-bond acceptors (Lipinski definition) is 1. The van der Waals surface area contributed by atoms with Crippen LogP contribution in [0.2, 0.25) is 0 Å². The van der Waals surface area contributed by atoms with Crippen molar-refractivity contribution in [2.24, 2.45) is 0 Å². The molecule has 0 aliphatic carbocycles. The van der Waals surface area contributed by atoms with Crippen molar-refractivity contribution in [3.63, 3.8) is 0 Å². The lowest BCUT2D eigenvalue weighted by Gasteiger charge is -2.19. The summed E-state index contributed by atoms with van der Waals surface area (Å²) in [5, 5.41) is 1.49. The summed E-state index contributed by atoms with van der Waals surface area (Å²) in [5.41, 5.74) is 5.06. The standard InChI is InChI=1S/C34H62OSi/c1-5-8-11-14-17-20-23-26-31-29-30-34(36-35-4)33(28-25-22-19-16-13-10-7-3)32(31)27-24-21-18-15-12-9-6-2/h29-30H,5-28H2,1-4H3. The lowest BCUT2D eigenvalue weighted by Crippen LogP contribution is -2.24. The Bertz CT molecular complexity index is 611. The number of unbranched alkanes of at least 4 members (excludes halogenated alkanes) is 18. The topological polar surface area (TPSA) is 9.23 Å². The van der Waals surface area contributed by atoms with Gasteiger partial charge in [0.1, 0.15) is 0 Å². The van der Waals surface area contributed by atoms with Crippen molar-refractivity contribution in [2.45, 2.75) is 175 Å². The molecule has 0 aliphatic heterocycles. The van der Waals surface area contributed by atoms with Gasteiger partial charge in [0.2, 0.25) is 0 Å². The van der Waals surface area contributed by atoms with Gasteiger partial charge < -0.3 is 4.43 Å².